The zero-order valence-corrected chi connectivity index (χ0v) is 12.3. The molecule has 0 aliphatic carbocycles. The van der Waals surface area contributed by atoms with Gasteiger partial charge in [-0.2, -0.15) is 5.26 Å². The standard InChI is InChI=1S/C14H19N3O2S/c1-11-8-13(9-15)2-3-14(11)20(18,19)17-10-12-4-6-16-7-5-12/h2-3,8,12,16-17H,4-7,10H2,1H3. The summed E-state index contributed by atoms with van der Waals surface area (Å²) in [6.07, 6.45) is 1.99. The average molecular weight is 293 g/mol. The highest BCUT2D eigenvalue weighted by Gasteiger charge is 2.20. The second-order valence-corrected chi connectivity index (χ2v) is 6.87. The van der Waals surface area contributed by atoms with E-state index in [1.54, 1.807) is 13.0 Å². The maximum absolute atomic E-state index is 12.3. The summed E-state index contributed by atoms with van der Waals surface area (Å²) in [5, 5.41) is 12.1. The molecule has 0 atom stereocenters. The van der Waals surface area contributed by atoms with Crippen LogP contribution in [0.3, 0.4) is 0 Å². The molecule has 1 heterocycles. The van der Waals surface area contributed by atoms with Gasteiger partial charge < -0.3 is 5.32 Å². The molecule has 1 aliphatic heterocycles. The molecule has 5 nitrogen and oxygen atoms in total. The number of nitriles is 1. The van der Waals surface area contributed by atoms with Crippen LogP contribution in [0.5, 0.6) is 0 Å². The van der Waals surface area contributed by atoms with Crippen molar-refractivity contribution in [3.8, 4) is 6.07 Å². The van der Waals surface area contributed by atoms with Crippen molar-refractivity contribution in [3.05, 3.63) is 29.3 Å². The van der Waals surface area contributed by atoms with Crippen LogP contribution in [0, 0.1) is 24.2 Å². The van der Waals surface area contributed by atoms with Crippen LogP contribution in [0.4, 0.5) is 0 Å². The zero-order valence-electron chi connectivity index (χ0n) is 11.5. The quantitative estimate of drug-likeness (QED) is 0.872. The minimum absolute atomic E-state index is 0.255. The molecular formula is C14H19N3O2S. The van der Waals surface area contributed by atoms with Crippen molar-refractivity contribution < 1.29 is 8.42 Å². The van der Waals surface area contributed by atoms with Gasteiger partial charge in [0.1, 0.15) is 0 Å². The van der Waals surface area contributed by atoms with E-state index in [0.29, 0.717) is 23.6 Å². The van der Waals surface area contributed by atoms with Gasteiger partial charge >= 0.3 is 0 Å². The van der Waals surface area contributed by atoms with E-state index in [0.717, 1.165) is 25.9 Å². The number of benzene rings is 1. The van der Waals surface area contributed by atoms with Crippen molar-refractivity contribution in [2.75, 3.05) is 19.6 Å². The molecule has 20 heavy (non-hydrogen) atoms. The van der Waals surface area contributed by atoms with Crippen molar-refractivity contribution in [3.63, 3.8) is 0 Å². The molecule has 0 amide bonds. The topological polar surface area (TPSA) is 82.0 Å². The van der Waals surface area contributed by atoms with E-state index in [-0.39, 0.29) is 4.90 Å². The van der Waals surface area contributed by atoms with Gasteiger partial charge in [0.15, 0.2) is 0 Å². The van der Waals surface area contributed by atoms with E-state index in [1.807, 2.05) is 6.07 Å². The van der Waals surface area contributed by atoms with Gasteiger partial charge in [-0.3, -0.25) is 0 Å². The molecule has 1 aromatic carbocycles. The van der Waals surface area contributed by atoms with Gasteiger partial charge in [0.25, 0.3) is 0 Å². The summed E-state index contributed by atoms with van der Waals surface area (Å²) >= 11 is 0. The van der Waals surface area contributed by atoms with Gasteiger partial charge in [-0.1, -0.05) is 0 Å². The first kappa shape index (κ1) is 15.0. The number of piperidine rings is 1. The molecule has 1 aliphatic rings. The number of hydrogen-bond acceptors (Lipinski definition) is 4. The lowest BCUT2D eigenvalue weighted by Crippen LogP contribution is -2.36. The Balaban J connectivity index is 2.08. The molecule has 0 bridgehead atoms. The van der Waals surface area contributed by atoms with E-state index >= 15 is 0 Å². The molecule has 0 saturated carbocycles. The number of hydrogen-bond donors (Lipinski definition) is 2. The van der Waals surface area contributed by atoms with Crippen LogP contribution in [0.1, 0.15) is 24.0 Å². The highest BCUT2D eigenvalue weighted by atomic mass is 32.2. The first-order chi connectivity index (χ1) is 9.53. The summed E-state index contributed by atoms with van der Waals surface area (Å²) in [4.78, 5) is 0.255. The van der Waals surface area contributed by atoms with E-state index in [2.05, 4.69) is 10.0 Å². The predicted molar refractivity (Wildman–Crippen MR) is 76.7 cm³/mol. The first-order valence-corrected chi connectivity index (χ1v) is 8.22. The Morgan fingerprint density at radius 1 is 1.40 bits per heavy atom. The Kier molecular flexibility index (Phi) is 4.76. The molecule has 6 heteroatoms. The molecule has 2 N–H and O–H groups in total. The van der Waals surface area contributed by atoms with Gasteiger partial charge in [-0.05, 0) is 62.5 Å². The summed E-state index contributed by atoms with van der Waals surface area (Å²) < 4.78 is 27.3. The highest BCUT2D eigenvalue weighted by molar-refractivity contribution is 7.89. The van der Waals surface area contributed by atoms with Crippen LogP contribution in [0.15, 0.2) is 23.1 Å². The van der Waals surface area contributed by atoms with Gasteiger partial charge in [0.2, 0.25) is 10.0 Å². The SMILES string of the molecule is Cc1cc(C#N)ccc1S(=O)(=O)NCC1CCNCC1. The summed E-state index contributed by atoms with van der Waals surface area (Å²) in [7, 11) is -3.50. The fraction of sp³-hybridized carbons (Fsp3) is 0.500. The van der Waals surface area contributed by atoms with Gasteiger partial charge in [-0.15, -0.1) is 0 Å². The van der Waals surface area contributed by atoms with Crippen molar-refractivity contribution in [2.24, 2.45) is 5.92 Å². The third kappa shape index (κ3) is 3.57. The largest absolute Gasteiger partial charge is 0.317 e. The van der Waals surface area contributed by atoms with Crippen molar-refractivity contribution >= 4 is 10.0 Å². The molecule has 108 valence electrons. The molecule has 1 saturated heterocycles. The van der Waals surface area contributed by atoms with Crippen molar-refractivity contribution in [1.29, 1.82) is 5.26 Å². The van der Waals surface area contributed by atoms with Crippen LogP contribution < -0.4 is 10.0 Å². The first-order valence-electron chi connectivity index (χ1n) is 6.74. The normalized spacial score (nSPS) is 16.8. The maximum atomic E-state index is 12.3. The molecule has 0 spiro atoms. The van der Waals surface area contributed by atoms with Crippen LogP contribution >= 0.6 is 0 Å². The number of sulfonamides is 1. The second-order valence-electron chi connectivity index (χ2n) is 5.14. The third-order valence-corrected chi connectivity index (χ3v) is 5.20. The highest BCUT2D eigenvalue weighted by Crippen LogP contribution is 2.17. The van der Waals surface area contributed by atoms with E-state index < -0.39 is 10.0 Å². The number of aryl methyl sites for hydroxylation is 1. The molecule has 1 fully saturated rings. The lowest BCUT2D eigenvalue weighted by atomic mass is 9.99. The second kappa shape index (κ2) is 6.35. The summed E-state index contributed by atoms with van der Waals surface area (Å²) in [6, 6.07) is 6.64. The third-order valence-electron chi connectivity index (χ3n) is 3.61. The minimum Gasteiger partial charge on any atom is -0.317 e. The monoisotopic (exact) mass is 293 g/mol. The number of nitrogens with one attached hydrogen (secondary N) is 2. The van der Waals surface area contributed by atoms with Crippen molar-refractivity contribution in [2.45, 2.75) is 24.7 Å². The Morgan fingerprint density at radius 3 is 2.70 bits per heavy atom. The zero-order chi connectivity index (χ0) is 14.6. The maximum Gasteiger partial charge on any atom is 0.240 e. The predicted octanol–water partition coefficient (Wildman–Crippen LogP) is 1.14. The molecule has 0 radical (unpaired) electrons. The van der Waals surface area contributed by atoms with E-state index in [1.165, 1.54) is 12.1 Å². The Bertz CT molecular complexity index is 614. The molecular weight excluding hydrogens is 274 g/mol. The molecule has 2 rings (SSSR count). The molecule has 0 aromatic heterocycles. The average Bonchev–Trinajstić information content (AvgIpc) is 2.46. The van der Waals surface area contributed by atoms with Gasteiger partial charge in [-0.25, -0.2) is 13.1 Å². The van der Waals surface area contributed by atoms with E-state index in [4.69, 9.17) is 5.26 Å². The van der Waals surface area contributed by atoms with Crippen LogP contribution in [-0.4, -0.2) is 28.1 Å². The van der Waals surface area contributed by atoms with Crippen LogP contribution in [-0.2, 0) is 10.0 Å². The fourth-order valence-electron chi connectivity index (χ4n) is 2.41. The van der Waals surface area contributed by atoms with Crippen molar-refractivity contribution in [1.82, 2.24) is 10.0 Å². The summed E-state index contributed by atoms with van der Waals surface area (Å²) in [5.74, 6) is 0.393. The smallest absolute Gasteiger partial charge is 0.240 e. The lowest BCUT2D eigenvalue weighted by molar-refractivity contribution is 0.372. The van der Waals surface area contributed by atoms with Gasteiger partial charge in [0.05, 0.1) is 16.5 Å². The summed E-state index contributed by atoms with van der Waals surface area (Å²) in [6.45, 7) is 4.08. The Labute approximate surface area is 120 Å². The molecule has 0 unspecified atom stereocenters. The minimum atomic E-state index is -3.50. The number of nitrogens with zero attached hydrogens (tertiary/aromatic N) is 1. The summed E-state index contributed by atoms with van der Waals surface area (Å²) in [5.41, 5.74) is 1.07. The number of rotatable bonds is 4. The fourth-order valence-corrected chi connectivity index (χ4v) is 3.75. The Hall–Kier alpha value is -1.42. The Morgan fingerprint density at radius 2 is 2.10 bits per heavy atom. The van der Waals surface area contributed by atoms with Gasteiger partial charge in [0, 0.05) is 6.54 Å². The lowest BCUT2D eigenvalue weighted by Gasteiger charge is -2.22. The van der Waals surface area contributed by atoms with Crippen LogP contribution in [0.2, 0.25) is 0 Å². The van der Waals surface area contributed by atoms with E-state index in [9.17, 15) is 8.42 Å². The van der Waals surface area contributed by atoms with Crippen LogP contribution in [0.25, 0.3) is 0 Å². The molecule has 1 aromatic rings.